The molecule has 0 bridgehead atoms. The van der Waals surface area contributed by atoms with E-state index in [-0.39, 0.29) is 0 Å². The third-order valence-electron chi connectivity index (χ3n) is 11.7. The van der Waals surface area contributed by atoms with Crippen molar-refractivity contribution in [3.63, 3.8) is 0 Å². The van der Waals surface area contributed by atoms with Gasteiger partial charge < -0.3 is 4.90 Å². The van der Waals surface area contributed by atoms with Crippen LogP contribution in [0.15, 0.2) is 212 Å². The predicted molar refractivity (Wildman–Crippen MR) is 238 cm³/mol. The first-order valence-corrected chi connectivity index (χ1v) is 19.5. The highest BCUT2D eigenvalue weighted by molar-refractivity contribution is 6.15. The zero-order valence-corrected chi connectivity index (χ0v) is 30.9. The van der Waals surface area contributed by atoms with E-state index in [4.69, 9.17) is 0 Å². The number of hydrogen-bond acceptors (Lipinski definition) is 1. The Kier molecular flexibility index (Phi) is 7.64. The minimum atomic E-state index is 0.871. The first-order valence-electron chi connectivity index (χ1n) is 19.5. The summed E-state index contributed by atoms with van der Waals surface area (Å²) in [5.74, 6) is 0. The molecule has 0 atom stereocenters. The van der Waals surface area contributed by atoms with E-state index in [9.17, 15) is 0 Å². The summed E-state index contributed by atoms with van der Waals surface area (Å²) in [5, 5.41) is 7.52. The maximum absolute atomic E-state index is 2.51. The van der Waals surface area contributed by atoms with Crippen molar-refractivity contribution in [1.82, 2.24) is 0 Å². The van der Waals surface area contributed by atoms with Crippen molar-refractivity contribution in [2.45, 2.75) is 6.42 Å². The van der Waals surface area contributed by atoms with Crippen molar-refractivity contribution >= 4 is 49.4 Å². The maximum Gasteiger partial charge on any atom is 0.0546 e. The third kappa shape index (κ3) is 5.40. The molecule has 0 fully saturated rings. The summed E-state index contributed by atoms with van der Waals surface area (Å²) in [5.41, 5.74) is 16.3. The molecule has 0 saturated heterocycles. The van der Waals surface area contributed by atoms with Gasteiger partial charge >= 0.3 is 0 Å². The van der Waals surface area contributed by atoms with Gasteiger partial charge in [-0.1, -0.05) is 182 Å². The van der Waals surface area contributed by atoms with Crippen molar-refractivity contribution < 1.29 is 0 Å². The van der Waals surface area contributed by atoms with Crippen LogP contribution in [0.25, 0.3) is 76.8 Å². The van der Waals surface area contributed by atoms with E-state index >= 15 is 0 Å². The molecule has 1 aliphatic carbocycles. The molecule has 0 heterocycles. The van der Waals surface area contributed by atoms with Crippen LogP contribution >= 0.6 is 0 Å². The van der Waals surface area contributed by atoms with Gasteiger partial charge in [0, 0.05) is 17.5 Å². The van der Waals surface area contributed by atoms with Crippen LogP contribution in [0, 0.1) is 0 Å². The summed E-state index contributed by atoms with van der Waals surface area (Å²) >= 11 is 0. The molecule has 0 unspecified atom stereocenters. The molecule has 0 amide bonds. The molecule has 1 heteroatoms. The molecule has 0 aliphatic heterocycles. The second kappa shape index (κ2) is 13.3. The molecule has 11 rings (SSSR count). The molecule has 10 aromatic rings. The summed E-state index contributed by atoms with van der Waals surface area (Å²) in [6, 6.07) is 77.9. The summed E-state index contributed by atoms with van der Waals surface area (Å²) in [6.07, 6.45) is 0.871. The van der Waals surface area contributed by atoms with Crippen molar-refractivity contribution in [3.8, 4) is 44.5 Å². The van der Waals surface area contributed by atoms with E-state index in [1.807, 2.05) is 0 Å². The van der Waals surface area contributed by atoms with Crippen LogP contribution in [-0.4, -0.2) is 0 Å². The molecule has 0 N–H and O–H groups in total. The fourth-order valence-electron chi connectivity index (χ4n) is 8.97. The van der Waals surface area contributed by atoms with Crippen LogP contribution in [0.1, 0.15) is 11.1 Å². The fraction of sp³-hybridized carbons (Fsp3) is 0.0182. The molecule has 1 aliphatic rings. The molecule has 0 spiro atoms. The van der Waals surface area contributed by atoms with Gasteiger partial charge in [0.05, 0.1) is 11.4 Å². The van der Waals surface area contributed by atoms with Gasteiger partial charge in [-0.2, -0.15) is 0 Å². The average Bonchev–Trinajstić information content (AvgIpc) is 3.67. The SMILES string of the molecule is c1ccc(-c2cccc3c2Cc2c-3cccc2N(c2ccc(-c3ccc(-c4ccc5ccccc5c4)cc3)cc2)c2cc3ccccc3c3ccccc23)cc1. The summed E-state index contributed by atoms with van der Waals surface area (Å²) in [6.45, 7) is 0. The Morgan fingerprint density at radius 1 is 0.286 bits per heavy atom. The molecule has 0 saturated carbocycles. The fourth-order valence-corrected chi connectivity index (χ4v) is 8.97. The van der Waals surface area contributed by atoms with E-state index in [1.165, 1.54) is 99.3 Å². The predicted octanol–water partition coefficient (Wildman–Crippen LogP) is 15.2. The van der Waals surface area contributed by atoms with Crippen LogP contribution < -0.4 is 4.90 Å². The summed E-state index contributed by atoms with van der Waals surface area (Å²) < 4.78 is 0. The maximum atomic E-state index is 2.51. The lowest BCUT2D eigenvalue weighted by atomic mass is 9.96. The Labute approximate surface area is 327 Å². The van der Waals surface area contributed by atoms with Crippen molar-refractivity contribution in [2.75, 3.05) is 4.90 Å². The van der Waals surface area contributed by atoms with E-state index in [2.05, 4.69) is 217 Å². The Balaban J connectivity index is 1.04. The highest BCUT2D eigenvalue weighted by Crippen LogP contribution is 2.50. The lowest BCUT2D eigenvalue weighted by Crippen LogP contribution is -2.13. The van der Waals surface area contributed by atoms with Gasteiger partial charge in [-0.3, -0.25) is 0 Å². The normalized spacial score (nSPS) is 11.9. The van der Waals surface area contributed by atoms with Gasteiger partial charge in [0.1, 0.15) is 0 Å². The summed E-state index contributed by atoms with van der Waals surface area (Å²) in [4.78, 5) is 2.51. The molecule has 0 radical (unpaired) electrons. The Morgan fingerprint density at radius 3 is 1.61 bits per heavy atom. The van der Waals surface area contributed by atoms with E-state index < -0.39 is 0 Å². The first-order chi connectivity index (χ1) is 27.8. The van der Waals surface area contributed by atoms with E-state index in [1.54, 1.807) is 0 Å². The van der Waals surface area contributed by atoms with Gasteiger partial charge in [-0.25, -0.2) is 0 Å². The number of benzene rings is 10. The Morgan fingerprint density at radius 2 is 0.839 bits per heavy atom. The number of rotatable bonds is 6. The van der Waals surface area contributed by atoms with E-state index in [0.29, 0.717) is 0 Å². The Bertz CT molecular complexity index is 3080. The quantitative estimate of drug-likeness (QED) is 0.155. The molecule has 10 aromatic carbocycles. The largest absolute Gasteiger partial charge is 0.310 e. The van der Waals surface area contributed by atoms with Crippen LogP contribution in [0.5, 0.6) is 0 Å². The molecule has 262 valence electrons. The molecular formula is C55H37N. The first kappa shape index (κ1) is 32.2. The third-order valence-corrected chi connectivity index (χ3v) is 11.7. The minimum Gasteiger partial charge on any atom is -0.310 e. The highest BCUT2D eigenvalue weighted by atomic mass is 15.1. The molecule has 1 nitrogen and oxygen atoms in total. The summed E-state index contributed by atoms with van der Waals surface area (Å²) in [7, 11) is 0. The minimum absolute atomic E-state index is 0.871. The second-order valence-corrected chi connectivity index (χ2v) is 14.9. The molecular weight excluding hydrogens is 675 g/mol. The van der Waals surface area contributed by atoms with E-state index in [0.717, 1.165) is 12.1 Å². The van der Waals surface area contributed by atoms with Gasteiger partial charge in [-0.05, 0) is 113 Å². The smallest absolute Gasteiger partial charge is 0.0546 e. The van der Waals surface area contributed by atoms with Gasteiger partial charge in [0.25, 0.3) is 0 Å². The van der Waals surface area contributed by atoms with Crippen LogP contribution in [-0.2, 0) is 6.42 Å². The topological polar surface area (TPSA) is 3.24 Å². The van der Waals surface area contributed by atoms with Crippen LogP contribution in [0.3, 0.4) is 0 Å². The standard InChI is InChI=1S/C55H37N/c1-2-13-41(14-3-1)46-20-10-21-49-50-22-11-23-54(53(50)36-52(46)49)56(55-35-44-16-6-7-17-47(44)48-18-8-9-19-51(48)55)45-32-30-39(31-33-45)38-24-26-40(27-25-38)43-29-28-37-12-4-5-15-42(37)34-43/h1-35H,36H2. The molecule has 56 heavy (non-hydrogen) atoms. The zero-order chi connectivity index (χ0) is 37.0. The van der Waals surface area contributed by atoms with Gasteiger partial charge in [-0.15, -0.1) is 0 Å². The average molecular weight is 712 g/mol. The lowest BCUT2D eigenvalue weighted by Gasteiger charge is -2.29. The number of nitrogens with zero attached hydrogens (tertiary/aromatic N) is 1. The second-order valence-electron chi connectivity index (χ2n) is 14.9. The number of hydrogen-bond donors (Lipinski definition) is 0. The van der Waals surface area contributed by atoms with Crippen molar-refractivity contribution in [3.05, 3.63) is 223 Å². The van der Waals surface area contributed by atoms with Crippen molar-refractivity contribution in [2.24, 2.45) is 0 Å². The van der Waals surface area contributed by atoms with Crippen LogP contribution in [0.2, 0.25) is 0 Å². The number of anilines is 3. The zero-order valence-electron chi connectivity index (χ0n) is 30.9. The Hall–Kier alpha value is -7.22. The lowest BCUT2D eigenvalue weighted by molar-refractivity contribution is 1.21. The highest BCUT2D eigenvalue weighted by Gasteiger charge is 2.28. The van der Waals surface area contributed by atoms with Gasteiger partial charge in [0.2, 0.25) is 0 Å². The van der Waals surface area contributed by atoms with Crippen LogP contribution in [0.4, 0.5) is 17.1 Å². The number of fused-ring (bicyclic) bond motifs is 7. The van der Waals surface area contributed by atoms with Crippen molar-refractivity contribution in [1.29, 1.82) is 0 Å². The van der Waals surface area contributed by atoms with Gasteiger partial charge in [0.15, 0.2) is 0 Å². The molecule has 0 aromatic heterocycles. The monoisotopic (exact) mass is 711 g/mol.